The van der Waals surface area contributed by atoms with Gasteiger partial charge in [0, 0.05) is 17.3 Å². The summed E-state index contributed by atoms with van der Waals surface area (Å²) in [6.45, 7) is 5.31. The highest BCUT2D eigenvalue weighted by Gasteiger charge is 2.19. The van der Waals surface area contributed by atoms with E-state index in [4.69, 9.17) is 4.74 Å². The Morgan fingerprint density at radius 3 is 2.41 bits per heavy atom. The summed E-state index contributed by atoms with van der Waals surface area (Å²) in [5.74, 6) is -0.186. The van der Waals surface area contributed by atoms with Crippen molar-refractivity contribution < 1.29 is 14.3 Å². The van der Waals surface area contributed by atoms with Gasteiger partial charge in [-0.3, -0.25) is 15.1 Å². The van der Waals surface area contributed by atoms with Crippen LogP contribution >= 0.6 is 0 Å². The van der Waals surface area contributed by atoms with E-state index in [0.717, 1.165) is 0 Å². The van der Waals surface area contributed by atoms with Crippen LogP contribution in [0.25, 0.3) is 0 Å². The van der Waals surface area contributed by atoms with Gasteiger partial charge in [-0.2, -0.15) is 0 Å². The molecule has 5 nitrogen and oxygen atoms in total. The Morgan fingerprint density at radius 2 is 1.77 bits per heavy atom. The SMILES string of the molecule is CC(C)(C)OC(=O)Nc1cnccc1C(=O)c1ccccc1. The second-order valence-corrected chi connectivity index (χ2v) is 5.74. The van der Waals surface area contributed by atoms with E-state index in [2.05, 4.69) is 10.3 Å². The monoisotopic (exact) mass is 298 g/mol. The fourth-order valence-corrected chi connectivity index (χ4v) is 1.85. The molecule has 0 aliphatic rings. The molecule has 2 aromatic rings. The van der Waals surface area contributed by atoms with Crippen LogP contribution < -0.4 is 5.32 Å². The van der Waals surface area contributed by atoms with Crippen molar-refractivity contribution in [1.29, 1.82) is 0 Å². The van der Waals surface area contributed by atoms with E-state index < -0.39 is 11.7 Å². The third kappa shape index (κ3) is 4.15. The molecule has 0 aliphatic carbocycles. The number of benzene rings is 1. The Hall–Kier alpha value is -2.69. The number of nitrogens with one attached hydrogen (secondary N) is 1. The molecular formula is C17H18N2O3. The van der Waals surface area contributed by atoms with E-state index >= 15 is 0 Å². The minimum absolute atomic E-state index is 0.186. The van der Waals surface area contributed by atoms with Gasteiger partial charge >= 0.3 is 6.09 Å². The lowest BCUT2D eigenvalue weighted by Gasteiger charge is -2.20. The van der Waals surface area contributed by atoms with Crippen molar-refractivity contribution in [3.05, 3.63) is 59.9 Å². The molecule has 22 heavy (non-hydrogen) atoms. The quantitative estimate of drug-likeness (QED) is 0.878. The summed E-state index contributed by atoms with van der Waals surface area (Å²) in [4.78, 5) is 28.3. The largest absolute Gasteiger partial charge is 0.444 e. The van der Waals surface area contributed by atoms with Crippen molar-refractivity contribution in [3.8, 4) is 0 Å². The molecule has 1 aromatic carbocycles. The first-order valence-electron chi connectivity index (χ1n) is 6.90. The third-order valence-electron chi connectivity index (χ3n) is 2.74. The third-order valence-corrected chi connectivity index (χ3v) is 2.74. The smallest absolute Gasteiger partial charge is 0.412 e. The maximum Gasteiger partial charge on any atom is 0.412 e. The molecular weight excluding hydrogens is 280 g/mol. The first kappa shape index (κ1) is 15.7. The van der Waals surface area contributed by atoms with Gasteiger partial charge in [-0.05, 0) is 26.8 Å². The number of aromatic nitrogens is 1. The van der Waals surface area contributed by atoms with Crippen molar-refractivity contribution in [2.75, 3.05) is 5.32 Å². The maximum atomic E-state index is 12.5. The zero-order valence-corrected chi connectivity index (χ0v) is 12.8. The molecule has 0 saturated carbocycles. The lowest BCUT2D eigenvalue weighted by molar-refractivity contribution is 0.0636. The Kier molecular flexibility index (Phi) is 4.56. The summed E-state index contributed by atoms with van der Waals surface area (Å²) in [6.07, 6.45) is 2.32. The minimum Gasteiger partial charge on any atom is -0.444 e. The average molecular weight is 298 g/mol. The number of rotatable bonds is 3. The molecule has 0 fully saturated rings. The Morgan fingerprint density at radius 1 is 1.09 bits per heavy atom. The van der Waals surface area contributed by atoms with Crippen molar-refractivity contribution >= 4 is 17.6 Å². The zero-order valence-electron chi connectivity index (χ0n) is 12.8. The minimum atomic E-state index is -0.623. The van der Waals surface area contributed by atoms with Crippen LogP contribution in [0.4, 0.5) is 10.5 Å². The molecule has 1 amide bonds. The molecule has 0 saturated heterocycles. The zero-order chi connectivity index (χ0) is 16.2. The van der Waals surface area contributed by atoms with Crippen LogP contribution in [0.5, 0.6) is 0 Å². The van der Waals surface area contributed by atoms with Gasteiger partial charge < -0.3 is 4.74 Å². The van der Waals surface area contributed by atoms with Gasteiger partial charge in [-0.25, -0.2) is 4.79 Å². The number of ketones is 1. The van der Waals surface area contributed by atoms with E-state index in [1.165, 1.54) is 12.4 Å². The average Bonchev–Trinajstić information content (AvgIpc) is 2.46. The summed E-state index contributed by atoms with van der Waals surface area (Å²) in [7, 11) is 0. The Bertz CT molecular complexity index is 676. The van der Waals surface area contributed by atoms with Gasteiger partial charge in [0.05, 0.1) is 11.9 Å². The Balaban J connectivity index is 2.24. The summed E-state index contributed by atoms with van der Waals surface area (Å²) in [6, 6.07) is 10.4. The Labute approximate surface area is 129 Å². The summed E-state index contributed by atoms with van der Waals surface area (Å²) >= 11 is 0. The van der Waals surface area contributed by atoms with E-state index in [-0.39, 0.29) is 5.78 Å². The number of hydrogen-bond acceptors (Lipinski definition) is 4. The van der Waals surface area contributed by atoms with Gasteiger partial charge in [-0.15, -0.1) is 0 Å². The van der Waals surface area contributed by atoms with Gasteiger partial charge in [0.25, 0.3) is 0 Å². The second kappa shape index (κ2) is 6.39. The molecule has 0 bridgehead atoms. The molecule has 114 valence electrons. The molecule has 1 aromatic heterocycles. The van der Waals surface area contributed by atoms with E-state index in [9.17, 15) is 9.59 Å². The van der Waals surface area contributed by atoms with Crippen LogP contribution in [-0.4, -0.2) is 22.5 Å². The summed E-state index contributed by atoms with van der Waals surface area (Å²) < 4.78 is 5.19. The van der Waals surface area contributed by atoms with E-state index in [1.807, 2.05) is 6.07 Å². The van der Waals surface area contributed by atoms with Crippen molar-refractivity contribution in [2.45, 2.75) is 26.4 Å². The standard InChI is InChI=1S/C17H18N2O3/c1-17(2,3)22-16(21)19-14-11-18-10-9-13(14)15(20)12-7-5-4-6-8-12/h4-11H,1-3H3,(H,19,21). The van der Waals surface area contributed by atoms with Gasteiger partial charge in [0.1, 0.15) is 5.60 Å². The van der Waals surface area contributed by atoms with Crippen LogP contribution in [-0.2, 0) is 4.74 Å². The van der Waals surface area contributed by atoms with Crippen molar-refractivity contribution in [1.82, 2.24) is 4.98 Å². The number of ether oxygens (including phenoxy) is 1. The first-order chi connectivity index (χ1) is 10.4. The number of carbonyl (C=O) groups is 2. The van der Waals surface area contributed by atoms with E-state index in [0.29, 0.717) is 16.8 Å². The molecule has 0 atom stereocenters. The number of anilines is 1. The highest BCUT2D eigenvalue weighted by atomic mass is 16.6. The number of amides is 1. The van der Waals surface area contributed by atoms with Crippen LogP contribution in [0.2, 0.25) is 0 Å². The van der Waals surface area contributed by atoms with Crippen LogP contribution in [0.3, 0.4) is 0 Å². The summed E-state index contributed by atoms with van der Waals surface area (Å²) in [5.41, 5.74) is 0.620. The lowest BCUT2D eigenvalue weighted by atomic mass is 10.0. The van der Waals surface area contributed by atoms with Crippen molar-refractivity contribution in [3.63, 3.8) is 0 Å². The molecule has 2 rings (SSSR count). The molecule has 0 unspecified atom stereocenters. The van der Waals surface area contributed by atoms with E-state index in [1.54, 1.807) is 51.1 Å². The maximum absolute atomic E-state index is 12.5. The van der Waals surface area contributed by atoms with Gasteiger partial charge in [0.2, 0.25) is 0 Å². The second-order valence-electron chi connectivity index (χ2n) is 5.74. The van der Waals surface area contributed by atoms with Crippen LogP contribution in [0, 0.1) is 0 Å². The number of nitrogens with zero attached hydrogens (tertiary/aromatic N) is 1. The molecule has 0 radical (unpaired) electrons. The molecule has 0 aliphatic heterocycles. The number of carbonyl (C=O) groups excluding carboxylic acids is 2. The highest BCUT2D eigenvalue weighted by Crippen LogP contribution is 2.19. The fourth-order valence-electron chi connectivity index (χ4n) is 1.85. The first-order valence-corrected chi connectivity index (χ1v) is 6.90. The predicted octanol–water partition coefficient (Wildman–Crippen LogP) is 3.66. The fraction of sp³-hybridized carbons (Fsp3) is 0.235. The predicted molar refractivity (Wildman–Crippen MR) is 84.0 cm³/mol. The summed E-state index contributed by atoms with van der Waals surface area (Å²) in [5, 5.41) is 2.57. The van der Waals surface area contributed by atoms with Crippen LogP contribution in [0.15, 0.2) is 48.8 Å². The normalized spacial score (nSPS) is 10.9. The number of pyridine rings is 1. The molecule has 5 heteroatoms. The van der Waals surface area contributed by atoms with Crippen LogP contribution in [0.1, 0.15) is 36.7 Å². The van der Waals surface area contributed by atoms with Crippen molar-refractivity contribution in [2.24, 2.45) is 0 Å². The molecule has 0 spiro atoms. The lowest BCUT2D eigenvalue weighted by Crippen LogP contribution is -2.27. The molecule has 1 heterocycles. The van der Waals surface area contributed by atoms with Gasteiger partial charge in [-0.1, -0.05) is 30.3 Å². The van der Waals surface area contributed by atoms with Gasteiger partial charge in [0.15, 0.2) is 5.78 Å². The highest BCUT2D eigenvalue weighted by molar-refractivity contribution is 6.13. The topological polar surface area (TPSA) is 68.3 Å². The number of hydrogen-bond donors (Lipinski definition) is 1. The molecule has 1 N–H and O–H groups in total.